The molecule has 0 spiro atoms. The maximum Gasteiger partial charge on any atom is 0.258 e. The number of hydrogen-bond donors (Lipinski definition) is 2. The molecule has 10 nitrogen and oxygen atoms in total. The largest absolute Gasteiger partial charge is 0.486 e. The summed E-state index contributed by atoms with van der Waals surface area (Å²) in [5.41, 5.74) is 0.562. The number of anilines is 1. The number of fused-ring (bicyclic) bond motifs is 1. The Hall–Kier alpha value is -2.70. The van der Waals surface area contributed by atoms with Crippen molar-refractivity contribution in [3.63, 3.8) is 0 Å². The Labute approximate surface area is 240 Å². The van der Waals surface area contributed by atoms with E-state index < -0.39 is 22.2 Å². The SMILES string of the molecule is C[C@H]1CN([C@@H](C)CO)C(=O)c2cccc(NC(=O)C3CCOCC3)c2O[C@@H]1CN(C)S(=O)(=O)c1ccc(Cl)cc1. The van der Waals surface area contributed by atoms with E-state index >= 15 is 0 Å². The smallest absolute Gasteiger partial charge is 0.258 e. The number of halogens is 1. The summed E-state index contributed by atoms with van der Waals surface area (Å²) in [6.45, 7) is 4.58. The van der Waals surface area contributed by atoms with Gasteiger partial charge in [-0.25, -0.2) is 8.42 Å². The lowest BCUT2D eigenvalue weighted by molar-refractivity contribution is -0.122. The Morgan fingerprint density at radius 2 is 1.88 bits per heavy atom. The molecular weight excluding hydrogens is 558 g/mol. The molecule has 1 saturated heterocycles. The molecule has 0 unspecified atom stereocenters. The van der Waals surface area contributed by atoms with Crippen LogP contribution in [0.25, 0.3) is 0 Å². The molecule has 0 saturated carbocycles. The van der Waals surface area contributed by atoms with Crippen LogP contribution in [0.2, 0.25) is 5.02 Å². The Balaban J connectivity index is 1.69. The molecule has 0 aliphatic carbocycles. The first-order chi connectivity index (χ1) is 19.0. The summed E-state index contributed by atoms with van der Waals surface area (Å²) in [6, 6.07) is 10.4. The third-order valence-electron chi connectivity index (χ3n) is 7.50. The molecule has 12 heteroatoms. The zero-order chi connectivity index (χ0) is 29.0. The van der Waals surface area contributed by atoms with Gasteiger partial charge in [0.1, 0.15) is 6.10 Å². The molecule has 218 valence electrons. The first kappa shape index (κ1) is 30.3. The van der Waals surface area contributed by atoms with E-state index in [4.69, 9.17) is 21.1 Å². The van der Waals surface area contributed by atoms with E-state index in [-0.39, 0.29) is 59.6 Å². The maximum absolute atomic E-state index is 13.7. The molecule has 3 atom stereocenters. The summed E-state index contributed by atoms with van der Waals surface area (Å²) in [5.74, 6) is -0.913. The van der Waals surface area contributed by atoms with Crippen molar-refractivity contribution < 1.29 is 32.6 Å². The van der Waals surface area contributed by atoms with E-state index in [1.54, 1.807) is 30.0 Å². The van der Waals surface area contributed by atoms with Crippen molar-refractivity contribution in [2.75, 3.05) is 45.3 Å². The lowest BCUT2D eigenvalue weighted by Gasteiger charge is -2.38. The summed E-state index contributed by atoms with van der Waals surface area (Å²) in [7, 11) is -2.40. The van der Waals surface area contributed by atoms with Gasteiger partial charge in [0.15, 0.2) is 5.75 Å². The van der Waals surface area contributed by atoms with Gasteiger partial charge in [-0.05, 0) is 56.2 Å². The monoisotopic (exact) mass is 593 g/mol. The highest BCUT2D eigenvalue weighted by atomic mass is 35.5. The van der Waals surface area contributed by atoms with Crippen molar-refractivity contribution in [3.8, 4) is 5.75 Å². The zero-order valence-corrected chi connectivity index (χ0v) is 24.5. The molecule has 2 N–H and O–H groups in total. The van der Waals surface area contributed by atoms with Crippen LogP contribution in [-0.4, -0.2) is 86.6 Å². The number of carbonyl (C=O) groups is 2. The summed E-state index contributed by atoms with van der Waals surface area (Å²) >= 11 is 5.95. The summed E-state index contributed by atoms with van der Waals surface area (Å²) in [6.07, 6.45) is 0.499. The highest BCUT2D eigenvalue weighted by molar-refractivity contribution is 7.89. The number of carbonyl (C=O) groups excluding carboxylic acids is 2. The molecule has 2 aromatic rings. The van der Waals surface area contributed by atoms with Crippen LogP contribution in [0.4, 0.5) is 5.69 Å². The van der Waals surface area contributed by atoms with E-state index in [2.05, 4.69) is 5.32 Å². The van der Waals surface area contributed by atoms with Gasteiger partial charge >= 0.3 is 0 Å². The van der Waals surface area contributed by atoms with Crippen molar-refractivity contribution in [1.29, 1.82) is 0 Å². The summed E-state index contributed by atoms with van der Waals surface area (Å²) in [4.78, 5) is 28.4. The van der Waals surface area contributed by atoms with Crippen LogP contribution in [-0.2, 0) is 19.6 Å². The van der Waals surface area contributed by atoms with Crippen molar-refractivity contribution in [2.24, 2.45) is 11.8 Å². The van der Waals surface area contributed by atoms with Crippen molar-refractivity contribution in [3.05, 3.63) is 53.1 Å². The third kappa shape index (κ3) is 6.60. The number of nitrogens with one attached hydrogen (secondary N) is 1. The molecule has 4 rings (SSSR count). The minimum Gasteiger partial charge on any atom is -0.486 e. The van der Waals surface area contributed by atoms with Crippen LogP contribution in [0, 0.1) is 11.8 Å². The van der Waals surface area contributed by atoms with Gasteiger partial charge in [0.25, 0.3) is 5.91 Å². The second-order valence-corrected chi connectivity index (χ2v) is 12.9. The average molecular weight is 594 g/mol. The number of sulfonamides is 1. The molecule has 2 heterocycles. The number of amides is 2. The number of ether oxygens (including phenoxy) is 2. The van der Waals surface area contributed by atoms with Crippen LogP contribution in [0.15, 0.2) is 47.4 Å². The highest BCUT2D eigenvalue weighted by Crippen LogP contribution is 2.36. The van der Waals surface area contributed by atoms with Crippen molar-refractivity contribution >= 4 is 39.1 Å². The Morgan fingerprint density at radius 3 is 2.52 bits per heavy atom. The average Bonchev–Trinajstić information content (AvgIpc) is 2.95. The van der Waals surface area contributed by atoms with Crippen LogP contribution >= 0.6 is 11.6 Å². The molecule has 0 aromatic heterocycles. The lowest BCUT2D eigenvalue weighted by atomic mass is 9.98. The van der Waals surface area contributed by atoms with E-state index in [0.29, 0.717) is 36.8 Å². The van der Waals surface area contributed by atoms with Crippen molar-refractivity contribution in [2.45, 2.75) is 43.7 Å². The number of nitrogens with zero attached hydrogens (tertiary/aromatic N) is 2. The zero-order valence-electron chi connectivity index (χ0n) is 22.9. The van der Waals surface area contributed by atoms with E-state index in [1.165, 1.54) is 35.6 Å². The highest BCUT2D eigenvalue weighted by Gasteiger charge is 2.36. The fourth-order valence-electron chi connectivity index (χ4n) is 4.89. The fraction of sp³-hybridized carbons (Fsp3) is 0.500. The number of para-hydroxylation sites is 1. The van der Waals surface area contributed by atoms with Crippen LogP contribution in [0.5, 0.6) is 5.75 Å². The fourth-order valence-corrected chi connectivity index (χ4v) is 6.20. The number of hydrogen-bond acceptors (Lipinski definition) is 7. The van der Waals surface area contributed by atoms with Crippen molar-refractivity contribution in [1.82, 2.24) is 9.21 Å². The van der Waals surface area contributed by atoms with E-state index in [0.717, 1.165) is 0 Å². The molecule has 0 radical (unpaired) electrons. The number of likely N-dealkylation sites (N-methyl/N-ethyl adjacent to an activating group) is 1. The number of aliphatic hydroxyl groups excluding tert-OH is 1. The minimum atomic E-state index is -3.87. The maximum atomic E-state index is 13.7. The second-order valence-electron chi connectivity index (χ2n) is 10.4. The molecule has 0 bridgehead atoms. The topological polar surface area (TPSA) is 125 Å². The van der Waals surface area contributed by atoms with Gasteiger partial charge in [-0.1, -0.05) is 24.6 Å². The molecule has 1 fully saturated rings. The first-order valence-electron chi connectivity index (χ1n) is 13.3. The predicted octanol–water partition coefficient (Wildman–Crippen LogP) is 3.25. The Kier molecular flexibility index (Phi) is 9.73. The number of aliphatic hydroxyl groups is 1. The van der Waals surface area contributed by atoms with Crippen LogP contribution in [0.1, 0.15) is 37.0 Å². The molecular formula is C28H36ClN3O7S. The standard InChI is InChI=1S/C28H36ClN3O7S/c1-18-15-32(19(2)17-33)28(35)23-5-4-6-24(30-27(34)20-11-13-38-14-12-20)26(23)39-25(18)16-31(3)40(36,37)22-9-7-21(29)8-10-22/h4-10,18-20,25,33H,11-17H2,1-3H3,(H,30,34)/t18-,19-,25+/m0/s1. The Morgan fingerprint density at radius 1 is 1.20 bits per heavy atom. The van der Waals surface area contributed by atoms with Gasteiger partial charge in [0.05, 0.1) is 35.3 Å². The van der Waals surface area contributed by atoms with Gasteiger partial charge in [-0.15, -0.1) is 0 Å². The van der Waals surface area contributed by atoms with Gasteiger partial charge in [-0.3, -0.25) is 9.59 Å². The van der Waals surface area contributed by atoms with Gasteiger partial charge in [0.2, 0.25) is 15.9 Å². The quantitative estimate of drug-likeness (QED) is 0.481. The van der Waals surface area contributed by atoms with E-state index in [1.807, 2.05) is 6.92 Å². The summed E-state index contributed by atoms with van der Waals surface area (Å²) in [5, 5.41) is 13.3. The van der Waals surface area contributed by atoms with Gasteiger partial charge < -0.3 is 24.8 Å². The molecule has 2 aliphatic heterocycles. The van der Waals surface area contributed by atoms with Crippen LogP contribution < -0.4 is 10.1 Å². The number of benzene rings is 2. The molecule has 40 heavy (non-hydrogen) atoms. The summed E-state index contributed by atoms with van der Waals surface area (Å²) < 4.78 is 39.7. The Bertz CT molecular complexity index is 1320. The third-order valence-corrected chi connectivity index (χ3v) is 9.59. The van der Waals surface area contributed by atoms with Gasteiger partial charge in [-0.2, -0.15) is 4.31 Å². The normalized spacial score (nSPS) is 21.2. The predicted molar refractivity (Wildman–Crippen MR) is 151 cm³/mol. The molecule has 2 amide bonds. The molecule has 2 aromatic carbocycles. The van der Waals surface area contributed by atoms with E-state index in [9.17, 15) is 23.1 Å². The minimum absolute atomic E-state index is 0.0245. The van der Waals surface area contributed by atoms with Gasteiger partial charge in [0, 0.05) is 43.7 Å². The lowest BCUT2D eigenvalue weighted by Crippen LogP contribution is -2.50. The number of rotatable bonds is 8. The van der Waals surface area contributed by atoms with Crippen LogP contribution in [0.3, 0.4) is 0 Å². The first-order valence-corrected chi connectivity index (χ1v) is 15.2. The second kappa shape index (κ2) is 12.9. The molecule has 2 aliphatic rings.